The molecule has 4 aromatic heterocycles. The smallest absolute Gasteiger partial charge is 0.350 e. The highest BCUT2D eigenvalue weighted by Gasteiger charge is 2.18. The summed E-state index contributed by atoms with van der Waals surface area (Å²) in [5.41, 5.74) is 7.33. The second-order valence-electron chi connectivity index (χ2n) is 5.32. The molecule has 4 rings (SSSR count). The van der Waals surface area contributed by atoms with Gasteiger partial charge in [-0.2, -0.15) is 4.99 Å². The highest BCUT2D eigenvalue weighted by atomic mass is 32.1. The maximum absolute atomic E-state index is 11.3. The van der Waals surface area contributed by atoms with E-state index < -0.39 is 11.9 Å². The second-order valence-corrected chi connectivity index (χ2v) is 7.43. The predicted octanol–water partition coefficient (Wildman–Crippen LogP) is 3.63. The molecule has 0 atom stereocenters. The maximum Gasteiger partial charge on any atom is 0.350 e. The standard InChI is InChI=1S/C9H4N2O3S.C9H8N2O2S/c12-4-11-7-6-5(2-1-3-10-6)15-8(7)9(13)14;1-13-9(12)8-6(10)7-5(14-8)3-2-4-11-7/h1-3H,(H,13,14);2-4H,10H2,1H3. The van der Waals surface area contributed by atoms with Crippen LogP contribution in [0.5, 0.6) is 0 Å². The molecule has 146 valence electrons. The molecule has 0 saturated heterocycles. The number of aliphatic imine (C=N–C) groups is 1. The molecule has 0 saturated carbocycles. The Labute approximate surface area is 171 Å². The van der Waals surface area contributed by atoms with Gasteiger partial charge in [0.05, 0.1) is 22.2 Å². The predicted molar refractivity (Wildman–Crippen MR) is 110 cm³/mol. The first-order valence-corrected chi connectivity index (χ1v) is 9.51. The monoisotopic (exact) mass is 428 g/mol. The first kappa shape index (κ1) is 20.1. The quantitative estimate of drug-likeness (QED) is 0.286. The number of pyridine rings is 2. The van der Waals surface area contributed by atoms with Gasteiger partial charge in [0.25, 0.3) is 0 Å². The molecule has 0 aliphatic heterocycles. The number of aromatic carboxylic acids is 1. The van der Waals surface area contributed by atoms with Gasteiger partial charge in [-0.25, -0.2) is 14.4 Å². The molecule has 0 amide bonds. The molecular formula is C18H12N4O5S2. The van der Waals surface area contributed by atoms with Crippen LogP contribution in [-0.4, -0.2) is 40.2 Å². The second kappa shape index (κ2) is 8.57. The number of carbonyl (C=O) groups is 2. The van der Waals surface area contributed by atoms with Crippen molar-refractivity contribution in [2.75, 3.05) is 12.8 Å². The Hall–Kier alpha value is -3.66. The molecule has 0 spiro atoms. The molecule has 29 heavy (non-hydrogen) atoms. The molecule has 11 heteroatoms. The van der Waals surface area contributed by atoms with Crippen molar-refractivity contribution in [1.29, 1.82) is 0 Å². The number of methoxy groups -OCH3 is 1. The van der Waals surface area contributed by atoms with Crippen molar-refractivity contribution in [3.8, 4) is 0 Å². The van der Waals surface area contributed by atoms with Crippen LogP contribution in [0.3, 0.4) is 0 Å². The number of carboxylic acids is 1. The fraction of sp³-hybridized carbons (Fsp3) is 0.0556. The van der Waals surface area contributed by atoms with E-state index in [4.69, 9.17) is 10.8 Å². The van der Waals surface area contributed by atoms with Gasteiger partial charge in [0.1, 0.15) is 26.5 Å². The lowest BCUT2D eigenvalue weighted by Crippen LogP contribution is -2.01. The number of nitrogens with two attached hydrogens (primary N) is 1. The van der Waals surface area contributed by atoms with Crippen molar-refractivity contribution in [3.05, 3.63) is 46.4 Å². The Balaban J connectivity index is 0.000000166. The van der Waals surface area contributed by atoms with E-state index in [1.54, 1.807) is 24.4 Å². The summed E-state index contributed by atoms with van der Waals surface area (Å²) in [7, 11) is 1.33. The van der Waals surface area contributed by atoms with Crippen molar-refractivity contribution in [2.45, 2.75) is 0 Å². The first-order valence-electron chi connectivity index (χ1n) is 7.88. The summed E-state index contributed by atoms with van der Waals surface area (Å²) in [6, 6.07) is 7.09. The van der Waals surface area contributed by atoms with Gasteiger partial charge in [-0.1, -0.05) is 0 Å². The minimum absolute atomic E-state index is 0.00653. The van der Waals surface area contributed by atoms with Gasteiger partial charge in [0, 0.05) is 12.4 Å². The normalized spacial score (nSPS) is 10.1. The summed E-state index contributed by atoms with van der Waals surface area (Å²) in [6.07, 6.45) is 4.50. The van der Waals surface area contributed by atoms with Crippen molar-refractivity contribution in [2.24, 2.45) is 4.99 Å². The highest BCUT2D eigenvalue weighted by molar-refractivity contribution is 7.21. The third-order valence-corrected chi connectivity index (χ3v) is 5.89. The summed E-state index contributed by atoms with van der Waals surface area (Å²) < 4.78 is 6.19. The van der Waals surface area contributed by atoms with E-state index in [2.05, 4.69) is 19.7 Å². The van der Waals surface area contributed by atoms with Crippen LogP contribution in [0.25, 0.3) is 20.4 Å². The molecule has 0 radical (unpaired) electrons. The first-order chi connectivity index (χ1) is 14.0. The minimum Gasteiger partial charge on any atom is -0.477 e. The van der Waals surface area contributed by atoms with Crippen LogP contribution in [0.1, 0.15) is 19.3 Å². The molecule has 0 unspecified atom stereocenters. The Morgan fingerprint density at radius 3 is 2.24 bits per heavy atom. The van der Waals surface area contributed by atoms with Gasteiger partial charge < -0.3 is 15.6 Å². The summed E-state index contributed by atoms with van der Waals surface area (Å²) in [4.78, 5) is 44.2. The highest BCUT2D eigenvalue weighted by Crippen LogP contribution is 2.36. The molecule has 0 aliphatic rings. The van der Waals surface area contributed by atoms with E-state index in [1.807, 2.05) is 6.07 Å². The number of nitrogen functional groups attached to an aromatic ring is 1. The van der Waals surface area contributed by atoms with E-state index in [-0.39, 0.29) is 10.6 Å². The van der Waals surface area contributed by atoms with E-state index >= 15 is 0 Å². The Bertz CT molecular complexity index is 1270. The number of carbonyl (C=O) groups excluding carboxylic acids is 2. The van der Waals surface area contributed by atoms with Crippen LogP contribution in [0.15, 0.2) is 41.7 Å². The number of hydrogen-bond acceptors (Lipinski definition) is 10. The summed E-state index contributed by atoms with van der Waals surface area (Å²) in [5, 5.41) is 8.89. The van der Waals surface area contributed by atoms with Crippen molar-refractivity contribution >= 4 is 72.5 Å². The molecule has 0 fully saturated rings. The number of esters is 1. The van der Waals surface area contributed by atoms with Gasteiger partial charge in [-0.15, -0.1) is 22.7 Å². The molecule has 3 N–H and O–H groups in total. The molecular weight excluding hydrogens is 416 g/mol. The van der Waals surface area contributed by atoms with Crippen LogP contribution >= 0.6 is 22.7 Å². The van der Waals surface area contributed by atoms with Gasteiger partial charge in [-0.05, 0) is 24.3 Å². The average molecular weight is 428 g/mol. The molecule has 9 nitrogen and oxygen atoms in total. The molecule has 4 heterocycles. The van der Waals surface area contributed by atoms with Crippen LogP contribution in [0, 0.1) is 0 Å². The van der Waals surface area contributed by atoms with E-state index in [1.165, 1.54) is 30.7 Å². The number of anilines is 1. The zero-order chi connectivity index (χ0) is 21.0. The topological polar surface area (TPSA) is 145 Å². The molecule has 4 aromatic rings. The van der Waals surface area contributed by atoms with E-state index in [0.29, 0.717) is 26.3 Å². The number of rotatable bonds is 3. The number of nitrogens with zero attached hydrogens (tertiary/aromatic N) is 3. The van der Waals surface area contributed by atoms with Crippen LogP contribution in [0.2, 0.25) is 0 Å². The Morgan fingerprint density at radius 2 is 1.69 bits per heavy atom. The summed E-state index contributed by atoms with van der Waals surface area (Å²) >= 11 is 2.33. The van der Waals surface area contributed by atoms with E-state index in [0.717, 1.165) is 16.0 Å². The number of hydrogen-bond donors (Lipinski definition) is 2. The number of carboxylic acid groups (broad SMARTS) is 1. The number of thiophene rings is 2. The molecule has 0 aromatic carbocycles. The zero-order valence-electron chi connectivity index (χ0n) is 14.8. The lowest BCUT2D eigenvalue weighted by Gasteiger charge is -1.94. The number of ether oxygens (including phenoxy) is 1. The third kappa shape index (κ3) is 3.97. The van der Waals surface area contributed by atoms with Gasteiger partial charge in [-0.3, -0.25) is 9.97 Å². The minimum atomic E-state index is -1.12. The Morgan fingerprint density at radius 1 is 1.10 bits per heavy atom. The fourth-order valence-electron chi connectivity index (χ4n) is 2.40. The lowest BCUT2D eigenvalue weighted by atomic mass is 10.3. The van der Waals surface area contributed by atoms with Crippen LogP contribution < -0.4 is 5.73 Å². The van der Waals surface area contributed by atoms with Crippen molar-refractivity contribution in [3.63, 3.8) is 0 Å². The number of isocyanates is 1. The third-order valence-electron chi connectivity index (χ3n) is 3.63. The lowest BCUT2D eigenvalue weighted by molar-refractivity contribution is 0.0606. The maximum atomic E-state index is 11.3. The van der Waals surface area contributed by atoms with Crippen molar-refractivity contribution < 1.29 is 24.2 Å². The van der Waals surface area contributed by atoms with Gasteiger partial charge >= 0.3 is 11.9 Å². The zero-order valence-corrected chi connectivity index (χ0v) is 16.4. The average Bonchev–Trinajstić information content (AvgIpc) is 3.27. The number of fused-ring (bicyclic) bond motifs is 2. The van der Waals surface area contributed by atoms with Crippen molar-refractivity contribution in [1.82, 2.24) is 9.97 Å². The summed E-state index contributed by atoms with van der Waals surface area (Å²) in [5.74, 6) is -1.53. The largest absolute Gasteiger partial charge is 0.477 e. The van der Waals surface area contributed by atoms with Gasteiger partial charge in [0.15, 0.2) is 0 Å². The molecule has 0 aliphatic carbocycles. The van der Waals surface area contributed by atoms with E-state index in [9.17, 15) is 14.4 Å². The fourth-order valence-corrected chi connectivity index (χ4v) is 4.34. The summed E-state index contributed by atoms with van der Waals surface area (Å²) in [6.45, 7) is 0. The SMILES string of the molecule is COC(=O)c1sc2cccnc2c1N.O=C=Nc1c(C(=O)O)sc2cccnc12. The van der Waals surface area contributed by atoms with Gasteiger partial charge in [0.2, 0.25) is 6.08 Å². The van der Waals surface area contributed by atoms with Crippen LogP contribution in [-0.2, 0) is 9.53 Å². The van der Waals surface area contributed by atoms with Crippen LogP contribution in [0.4, 0.5) is 11.4 Å². The molecule has 0 bridgehead atoms. The number of aromatic nitrogens is 2. The Kier molecular flexibility index (Phi) is 5.93.